The molecule has 0 aromatic carbocycles. The molecular weight excluding hydrogens is 117 g/mol. The van der Waals surface area contributed by atoms with E-state index in [0.717, 1.165) is 12.8 Å². The van der Waals surface area contributed by atoms with Gasteiger partial charge in [-0.1, -0.05) is 6.42 Å². The third kappa shape index (κ3) is 1.41. The molecule has 2 unspecified atom stereocenters. The zero-order valence-electron chi connectivity index (χ0n) is 5.31. The summed E-state index contributed by atoms with van der Waals surface area (Å²) in [4.78, 5) is 0. The Hall–Kier alpha value is -0.580. The molecule has 1 fully saturated rings. The fraction of sp³-hybridized carbons (Fsp3) is 0.857. The summed E-state index contributed by atoms with van der Waals surface area (Å²) >= 11 is 0. The first-order valence-corrected chi connectivity index (χ1v) is 3.35. The minimum atomic E-state index is -0.690. The van der Waals surface area contributed by atoms with Gasteiger partial charge in [-0.25, -0.2) is 4.39 Å². The first kappa shape index (κ1) is 6.54. The lowest BCUT2D eigenvalue weighted by molar-refractivity contribution is 0.266. The Morgan fingerprint density at radius 3 is 2.78 bits per heavy atom. The van der Waals surface area contributed by atoms with Crippen LogP contribution >= 0.6 is 0 Å². The quantitative estimate of drug-likeness (QED) is 0.528. The first-order chi connectivity index (χ1) is 4.34. The van der Waals surface area contributed by atoms with Gasteiger partial charge in [-0.3, -0.25) is 0 Å². The average molecular weight is 127 g/mol. The van der Waals surface area contributed by atoms with Crippen molar-refractivity contribution in [2.75, 3.05) is 0 Å². The summed E-state index contributed by atoms with van der Waals surface area (Å²) in [6.07, 6.45) is 2.26. The number of nitriles is 1. The molecule has 2 heteroatoms. The van der Waals surface area contributed by atoms with Crippen LogP contribution in [0, 0.1) is 17.2 Å². The minimum Gasteiger partial charge on any atom is -0.247 e. The van der Waals surface area contributed by atoms with Gasteiger partial charge in [0, 0.05) is 12.3 Å². The van der Waals surface area contributed by atoms with Gasteiger partial charge in [-0.2, -0.15) is 5.26 Å². The highest BCUT2D eigenvalue weighted by molar-refractivity contribution is 4.84. The first-order valence-electron chi connectivity index (χ1n) is 3.35. The largest absolute Gasteiger partial charge is 0.247 e. The van der Waals surface area contributed by atoms with E-state index in [2.05, 4.69) is 0 Å². The molecule has 9 heavy (non-hydrogen) atoms. The van der Waals surface area contributed by atoms with Gasteiger partial charge in [-0.15, -0.1) is 0 Å². The molecule has 0 aromatic rings. The fourth-order valence-corrected chi connectivity index (χ4v) is 1.34. The summed E-state index contributed by atoms with van der Waals surface area (Å²) in [5, 5.41) is 8.23. The molecule has 0 saturated heterocycles. The third-order valence-electron chi connectivity index (χ3n) is 1.92. The maximum atomic E-state index is 12.6. The van der Waals surface area contributed by atoms with Crippen LogP contribution in [0.15, 0.2) is 0 Å². The number of nitrogens with zero attached hydrogens (tertiary/aromatic N) is 1. The van der Waals surface area contributed by atoms with Gasteiger partial charge in [0.1, 0.15) is 6.17 Å². The van der Waals surface area contributed by atoms with Crippen LogP contribution in [0.3, 0.4) is 0 Å². The van der Waals surface area contributed by atoms with Crippen molar-refractivity contribution in [1.29, 1.82) is 5.26 Å². The fourth-order valence-electron chi connectivity index (χ4n) is 1.34. The topological polar surface area (TPSA) is 23.8 Å². The molecule has 1 nitrogen and oxygen atoms in total. The lowest BCUT2D eigenvalue weighted by Gasteiger charge is -2.05. The molecule has 1 aliphatic rings. The summed E-state index contributed by atoms with van der Waals surface area (Å²) in [7, 11) is 0. The van der Waals surface area contributed by atoms with Gasteiger partial charge in [0.2, 0.25) is 0 Å². The number of rotatable bonds is 1. The van der Waals surface area contributed by atoms with Crippen molar-refractivity contribution in [3.8, 4) is 6.07 Å². The van der Waals surface area contributed by atoms with Crippen LogP contribution in [-0.4, -0.2) is 6.17 Å². The van der Waals surface area contributed by atoms with Gasteiger partial charge >= 0.3 is 0 Å². The predicted octanol–water partition coefficient (Wildman–Crippen LogP) is 2.04. The highest BCUT2D eigenvalue weighted by Gasteiger charge is 2.25. The van der Waals surface area contributed by atoms with E-state index >= 15 is 0 Å². The lowest BCUT2D eigenvalue weighted by atomic mass is 10.0. The molecule has 0 amide bonds. The summed E-state index contributed by atoms with van der Waals surface area (Å²) < 4.78 is 12.6. The molecule has 0 heterocycles. The second kappa shape index (κ2) is 2.82. The Balaban J connectivity index is 2.33. The monoisotopic (exact) mass is 127 g/mol. The molecule has 0 N–H and O–H groups in total. The molecule has 2 atom stereocenters. The van der Waals surface area contributed by atoms with Crippen molar-refractivity contribution in [2.24, 2.45) is 5.92 Å². The molecular formula is C7H10FN. The van der Waals surface area contributed by atoms with Crippen LogP contribution in [0.25, 0.3) is 0 Å². The van der Waals surface area contributed by atoms with Crippen LogP contribution in [0.1, 0.15) is 25.7 Å². The van der Waals surface area contributed by atoms with Crippen LogP contribution in [0.4, 0.5) is 4.39 Å². The molecule has 0 aliphatic heterocycles. The zero-order valence-corrected chi connectivity index (χ0v) is 5.31. The van der Waals surface area contributed by atoms with E-state index in [4.69, 9.17) is 5.26 Å². The van der Waals surface area contributed by atoms with Crippen molar-refractivity contribution in [2.45, 2.75) is 31.9 Å². The van der Waals surface area contributed by atoms with E-state index in [1.807, 2.05) is 6.07 Å². The maximum Gasteiger partial charge on any atom is 0.104 e. The second-order valence-electron chi connectivity index (χ2n) is 2.57. The highest BCUT2D eigenvalue weighted by Crippen LogP contribution is 2.30. The molecule has 1 rings (SSSR count). The number of halogens is 1. The van der Waals surface area contributed by atoms with Crippen molar-refractivity contribution in [3.63, 3.8) is 0 Å². The van der Waals surface area contributed by atoms with E-state index < -0.39 is 6.17 Å². The second-order valence-corrected chi connectivity index (χ2v) is 2.57. The molecule has 0 aromatic heterocycles. The Morgan fingerprint density at radius 2 is 2.33 bits per heavy atom. The van der Waals surface area contributed by atoms with Crippen LogP contribution < -0.4 is 0 Å². The Morgan fingerprint density at radius 1 is 1.56 bits per heavy atom. The molecule has 0 spiro atoms. The summed E-state index contributed by atoms with van der Waals surface area (Å²) in [5.74, 6) is 0.0509. The number of hydrogen-bond donors (Lipinski definition) is 0. The van der Waals surface area contributed by atoms with Gasteiger partial charge in [0.05, 0.1) is 6.07 Å². The van der Waals surface area contributed by atoms with E-state index in [9.17, 15) is 4.39 Å². The van der Waals surface area contributed by atoms with E-state index in [1.54, 1.807) is 0 Å². The molecule has 1 saturated carbocycles. The van der Waals surface area contributed by atoms with E-state index in [0.29, 0.717) is 12.8 Å². The van der Waals surface area contributed by atoms with Crippen molar-refractivity contribution in [3.05, 3.63) is 0 Å². The average Bonchev–Trinajstić information content (AvgIpc) is 2.18. The highest BCUT2D eigenvalue weighted by atomic mass is 19.1. The normalized spacial score (nSPS) is 34.2. The van der Waals surface area contributed by atoms with Crippen molar-refractivity contribution < 1.29 is 4.39 Å². The molecule has 0 radical (unpaired) electrons. The van der Waals surface area contributed by atoms with Crippen molar-refractivity contribution >= 4 is 0 Å². The Labute approximate surface area is 54.5 Å². The van der Waals surface area contributed by atoms with E-state index in [-0.39, 0.29) is 5.92 Å². The maximum absolute atomic E-state index is 12.6. The van der Waals surface area contributed by atoms with Crippen LogP contribution in [0.2, 0.25) is 0 Å². The zero-order chi connectivity index (χ0) is 6.69. The van der Waals surface area contributed by atoms with Gasteiger partial charge in [0.15, 0.2) is 0 Å². The minimum absolute atomic E-state index is 0.0509. The predicted molar refractivity (Wildman–Crippen MR) is 32.5 cm³/mol. The SMILES string of the molecule is N#CCC1CCCC1F. The molecule has 50 valence electrons. The van der Waals surface area contributed by atoms with Gasteiger partial charge in [-0.05, 0) is 12.8 Å². The smallest absolute Gasteiger partial charge is 0.104 e. The number of hydrogen-bond acceptors (Lipinski definition) is 1. The Kier molecular flexibility index (Phi) is 2.05. The standard InChI is InChI=1S/C7H10FN/c8-7-3-1-2-6(7)4-5-9/h6-7H,1-4H2. The lowest BCUT2D eigenvalue weighted by Crippen LogP contribution is -2.06. The Bertz CT molecular complexity index is 127. The van der Waals surface area contributed by atoms with Crippen LogP contribution in [0.5, 0.6) is 0 Å². The van der Waals surface area contributed by atoms with E-state index in [1.165, 1.54) is 0 Å². The van der Waals surface area contributed by atoms with Crippen LogP contribution in [-0.2, 0) is 0 Å². The van der Waals surface area contributed by atoms with Gasteiger partial charge in [0.25, 0.3) is 0 Å². The molecule has 0 bridgehead atoms. The van der Waals surface area contributed by atoms with Crippen molar-refractivity contribution in [1.82, 2.24) is 0 Å². The van der Waals surface area contributed by atoms with Gasteiger partial charge < -0.3 is 0 Å². The molecule has 1 aliphatic carbocycles. The summed E-state index contributed by atoms with van der Waals surface area (Å²) in [5.41, 5.74) is 0. The summed E-state index contributed by atoms with van der Waals surface area (Å²) in [6, 6.07) is 2.00. The summed E-state index contributed by atoms with van der Waals surface area (Å²) in [6.45, 7) is 0. The number of alkyl halides is 1. The third-order valence-corrected chi connectivity index (χ3v) is 1.92.